The topological polar surface area (TPSA) is 97.6 Å². The molecule has 1 fully saturated rings. The fraction of sp³-hybridized carbons (Fsp3) is 0.474. The monoisotopic (exact) mass is 404 g/mol. The second-order valence-electron chi connectivity index (χ2n) is 7.57. The Morgan fingerprint density at radius 2 is 2.04 bits per heavy atom. The molecule has 0 bridgehead atoms. The molecule has 28 heavy (non-hydrogen) atoms. The van der Waals surface area contributed by atoms with Crippen molar-refractivity contribution in [2.75, 3.05) is 11.6 Å². The van der Waals surface area contributed by atoms with E-state index in [4.69, 9.17) is 9.26 Å². The van der Waals surface area contributed by atoms with Crippen LogP contribution in [-0.4, -0.2) is 50.1 Å². The Labute approximate surface area is 168 Å². The van der Waals surface area contributed by atoms with Gasteiger partial charge in [-0.2, -0.15) is 4.98 Å². The minimum Gasteiger partial charge on any atom is -0.485 e. The van der Waals surface area contributed by atoms with Crippen LogP contribution in [0.5, 0.6) is 5.75 Å². The number of aryl methyl sites for hydroxylation is 1. The maximum atomic E-state index is 12.9. The van der Waals surface area contributed by atoms with E-state index in [1.807, 2.05) is 20.8 Å². The third-order valence-corrected chi connectivity index (χ3v) is 5.00. The van der Waals surface area contributed by atoms with E-state index >= 15 is 0 Å². The molecule has 0 aliphatic carbocycles. The molecule has 3 rings (SSSR count). The molecule has 1 aliphatic heterocycles. The van der Waals surface area contributed by atoms with Crippen molar-refractivity contribution in [2.24, 2.45) is 0 Å². The molecule has 9 heteroatoms. The van der Waals surface area contributed by atoms with Crippen LogP contribution in [0, 0.1) is 6.92 Å². The number of carbonyl (C=O) groups excluding carboxylic acids is 2. The van der Waals surface area contributed by atoms with Crippen LogP contribution in [0.4, 0.5) is 0 Å². The summed E-state index contributed by atoms with van der Waals surface area (Å²) >= 11 is 1.58. The molecule has 2 heterocycles. The summed E-state index contributed by atoms with van der Waals surface area (Å²) in [5.41, 5.74) is 0.175. The number of rotatable bonds is 5. The number of thioether (sulfide) groups is 1. The van der Waals surface area contributed by atoms with E-state index in [0.717, 1.165) is 0 Å². The molecule has 150 valence electrons. The molecule has 1 aliphatic rings. The molecular formula is C19H24N4O4S. The van der Waals surface area contributed by atoms with Crippen molar-refractivity contribution in [3.63, 3.8) is 0 Å². The summed E-state index contributed by atoms with van der Waals surface area (Å²) in [6.45, 7) is 7.67. The van der Waals surface area contributed by atoms with E-state index in [9.17, 15) is 9.59 Å². The molecule has 0 saturated carbocycles. The van der Waals surface area contributed by atoms with Crippen LogP contribution in [0.1, 0.15) is 42.8 Å². The second-order valence-corrected chi connectivity index (χ2v) is 8.57. The zero-order valence-electron chi connectivity index (χ0n) is 16.4. The first-order valence-corrected chi connectivity index (χ1v) is 10.1. The third kappa shape index (κ3) is 5.03. The Balaban J connectivity index is 1.62. The summed E-state index contributed by atoms with van der Waals surface area (Å²) in [6, 6.07) is 6.36. The summed E-state index contributed by atoms with van der Waals surface area (Å²) in [5, 5.41) is 6.72. The lowest BCUT2D eigenvalue weighted by Crippen LogP contribution is -2.52. The summed E-state index contributed by atoms with van der Waals surface area (Å²) in [6.07, 6.45) is 0. The quantitative estimate of drug-likeness (QED) is 0.817. The van der Waals surface area contributed by atoms with Crippen molar-refractivity contribution in [1.82, 2.24) is 20.4 Å². The van der Waals surface area contributed by atoms with Crippen LogP contribution < -0.4 is 10.1 Å². The SMILES string of the molecule is Cc1nc(COc2ccc(C(=O)N3CSCC3C(=O)NC(C)(C)C)cc2)no1. The van der Waals surface area contributed by atoms with E-state index in [1.165, 1.54) is 0 Å². The number of benzene rings is 1. The van der Waals surface area contributed by atoms with Crippen LogP contribution in [0.15, 0.2) is 28.8 Å². The molecule has 0 radical (unpaired) electrons. The lowest BCUT2D eigenvalue weighted by atomic mass is 10.1. The number of nitrogens with one attached hydrogen (secondary N) is 1. The van der Waals surface area contributed by atoms with E-state index < -0.39 is 6.04 Å². The summed E-state index contributed by atoms with van der Waals surface area (Å²) in [7, 11) is 0. The van der Waals surface area contributed by atoms with Gasteiger partial charge in [0.2, 0.25) is 17.6 Å². The third-order valence-electron chi connectivity index (χ3n) is 3.98. The lowest BCUT2D eigenvalue weighted by molar-refractivity contribution is -0.125. The Morgan fingerprint density at radius 1 is 1.32 bits per heavy atom. The number of ether oxygens (including phenoxy) is 1. The van der Waals surface area contributed by atoms with Gasteiger partial charge in [0.15, 0.2) is 6.61 Å². The predicted molar refractivity (Wildman–Crippen MR) is 105 cm³/mol. The molecule has 1 saturated heterocycles. The molecule has 0 spiro atoms. The number of carbonyl (C=O) groups is 2. The second kappa shape index (κ2) is 8.22. The van der Waals surface area contributed by atoms with Crippen LogP contribution >= 0.6 is 11.8 Å². The predicted octanol–water partition coefficient (Wildman–Crippen LogP) is 2.39. The summed E-state index contributed by atoms with van der Waals surface area (Å²) in [4.78, 5) is 31.1. The van der Waals surface area contributed by atoms with Crippen LogP contribution in [0.2, 0.25) is 0 Å². The Morgan fingerprint density at radius 3 is 2.64 bits per heavy atom. The summed E-state index contributed by atoms with van der Waals surface area (Å²) < 4.78 is 10.5. The van der Waals surface area contributed by atoms with Gasteiger partial charge in [-0.05, 0) is 45.0 Å². The molecule has 8 nitrogen and oxygen atoms in total. The molecule has 1 N–H and O–H groups in total. The molecule has 2 aromatic rings. The number of hydrogen-bond donors (Lipinski definition) is 1. The zero-order valence-corrected chi connectivity index (χ0v) is 17.2. The van der Waals surface area contributed by atoms with Gasteiger partial charge in [-0.15, -0.1) is 11.8 Å². The van der Waals surface area contributed by atoms with Crippen molar-refractivity contribution in [3.05, 3.63) is 41.5 Å². The minimum atomic E-state index is -0.464. The maximum absolute atomic E-state index is 12.9. The van der Waals surface area contributed by atoms with E-state index in [1.54, 1.807) is 47.9 Å². The van der Waals surface area contributed by atoms with Gasteiger partial charge < -0.3 is 19.5 Å². The molecule has 1 atom stereocenters. The van der Waals surface area contributed by atoms with Gasteiger partial charge in [0.25, 0.3) is 5.91 Å². The highest BCUT2D eigenvalue weighted by Crippen LogP contribution is 2.25. The highest BCUT2D eigenvalue weighted by Gasteiger charge is 2.36. The van der Waals surface area contributed by atoms with Gasteiger partial charge in [-0.1, -0.05) is 5.16 Å². The Hall–Kier alpha value is -2.55. The highest BCUT2D eigenvalue weighted by atomic mass is 32.2. The first-order chi connectivity index (χ1) is 13.2. The van der Waals surface area contributed by atoms with Crippen LogP contribution in [0.3, 0.4) is 0 Å². The number of hydrogen-bond acceptors (Lipinski definition) is 7. The summed E-state index contributed by atoms with van der Waals surface area (Å²) in [5.74, 6) is 2.33. The van der Waals surface area contributed by atoms with Gasteiger partial charge >= 0.3 is 0 Å². The fourth-order valence-electron chi connectivity index (χ4n) is 2.72. The first-order valence-electron chi connectivity index (χ1n) is 8.96. The molecular weight excluding hydrogens is 380 g/mol. The number of amides is 2. The van der Waals surface area contributed by atoms with Crippen molar-refractivity contribution >= 4 is 23.6 Å². The largest absolute Gasteiger partial charge is 0.485 e. The van der Waals surface area contributed by atoms with E-state index in [2.05, 4.69) is 15.5 Å². The standard InChI is InChI=1S/C19H24N4O4S/c1-12-20-16(22-27-12)9-26-14-7-5-13(6-8-14)18(25)23-11-28-10-15(23)17(24)21-19(2,3)4/h5-8,15H,9-11H2,1-4H3,(H,21,24). The van der Waals surface area contributed by atoms with E-state index in [-0.39, 0.29) is 24.0 Å². The average Bonchev–Trinajstić information content (AvgIpc) is 3.27. The van der Waals surface area contributed by atoms with Gasteiger partial charge in [0, 0.05) is 23.8 Å². The molecule has 1 unspecified atom stereocenters. The lowest BCUT2D eigenvalue weighted by Gasteiger charge is -2.27. The highest BCUT2D eigenvalue weighted by molar-refractivity contribution is 7.99. The van der Waals surface area contributed by atoms with Gasteiger partial charge in [-0.25, -0.2) is 0 Å². The maximum Gasteiger partial charge on any atom is 0.255 e. The zero-order chi connectivity index (χ0) is 20.3. The van der Waals surface area contributed by atoms with Crippen molar-refractivity contribution in [2.45, 2.75) is 45.9 Å². The molecule has 2 amide bonds. The van der Waals surface area contributed by atoms with Gasteiger partial charge in [0.1, 0.15) is 11.8 Å². The van der Waals surface area contributed by atoms with Crippen molar-refractivity contribution in [3.8, 4) is 5.75 Å². The minimum absolute atomic E-state index is 0.124. The Bertz CT molecular complexity index is 844. The van der Waals surface area contributed by atoms with Gasteiger partial charge in [0.05, 0.1) is 5.88 Å². The van der Waals surface area contributed by atoms with E-state index in [0.29, 0.717) is 34.7 Å². The molecule has 1 aromatic heterocycles. The van der Waals surface area contributed by atoms with Crippen LogP contribution in [0.25, 0.3) is 0 Å². The number of aromatic nitrogens is 2. The molecule has 1 aromatic carbocycles. The fourth-order valence-corrected chi connectivity index (χ4v) is 3.87. The average molecular weight is 404 g/mol. The first kappa shape index (κ1) is 20.2. The normalized spacial score (nSPS) is 16.9. The smallest absolute Gasteiger partial charge is 0.255 e. The number of nitrogens with zero attached hydrogens (tertiary/aromatic N) is 3. The van der Waals surface area contributed by atoms with Gasteiger partial charge in [-0.3, -0.25) is 9.59 Å². The Kier molecular flexibility index (Phi) is 5.93. The van der Waals surface area contributed by atoms with Crippen molar-refractivity contribution in [1.29, 1.82) is 0 Å². The van der Waals surface area contributed by atoms with Crippen molar-refractivity contribution < 1.29 is 18.8 Å². The van der Waals surface area contributed by atoms with Crippen LogP contribution in [-0.2, 0) is 11.4 Å².